The van der Waals surface area contributed by atoms with Crippen LogP contribution in [0.2, 0.25) is 0 Å². The van der Waals surface area contributed by atoms with Crippen LogP contribution in [-0.2, 0) is 16.3 Å². The van der Waals surface area contributed by atoms with Crippen LogP contribution >= 0.6 is 0 Å². The second kappa shape index (κ2) is 5.41. The first-order valence-corrected chi connectivity index (χ1v) is 7.24. The standard InChI is InChI=1S/C11H18N2O2S/c1-9-5-4-6-13-11(9)7-10(12-2)8-16(3,14)15/h4-6,10,12H,7-8H2,1-3H3. The third kappa shape index (κ3) is 4.28. The molecule has 0 aliphatic rings. The zero-order valence-corrected chi connectivity index (χ0v) is 10.7. The highest BCUT2D eigenvalue weighted by Gasteiger charge is 2.15. The molecule has 5 heteroatoms. The molecule has 1 atom stereocenters. The summed E-state index contributed by atoms with van der Waals surface area (Å²) in [6, 6.07) is 3.78. The molecule has 0 amide bonds. The minimum Gasteiger partial charge on any atom is -0.316 e. The van der Waals surface area contributed by atoms with Crippen molar-refractivity contribution >= 4 is 9.84 Å². The molecule has 0 aliphatic heterocycles. The summed E-state index contributed by atoms with van der Waals surface area (Å²) in [6.07, 6.45) is 3.62. The van der Waals surface area contributed by atoms with Gasteiger partial charge >= 0.3 is 0 Å². The van der Waals surface area contributed by atoms with Gasteiger partial charge in [0.2, 0.25) is 0 Å². The molecule has 0 saturated heterocycles. The van der Waals surface area contributed by atoms with Gasteiger partial charge in [-0.25, -0.2) is 8.42 Å². The number of sulfone groups is 1. The normalized spacial score (nSPS) is 13.7. The van der Waals surface area contributed by atoms with Gasteiger partial charge in [-0.05, 0) is 25.6 Å². The van der Waals surface area contributed by atoms with Gasteiger partial charge in [0, 0.05) is 30.6 Å². The van der Waals surface area contributed by atoms with Gasteiger partial charge < -0.3 is 5.32 Å². The number of aromatic nitrogens is 1. The molecule has 1 aromatic rings. The van der Waals surface area contributed by atoms with E-state index in [0.717, 1.165) is 11.3 Å². The first kappa shape index (κ1) is 13.1. The Morgan fingerprint density at radius 2 is 2.19 bits per heavy atom. The second-order valence-corrected chi connectivity index (χ2v) is 6.23. The predicted octanol–water partition coefficient (Wildman–Crippen LogP) is 0.565. The van der Waals surface area contributed by atoms with Crippen LogP contribution in [-0.4, -0.2) is 38.5 Å². The Bertz CT molecular complexity index is 443. The summed E-state index contributed by atoms with van der Waals surface area (Å²) in [5.74, 6) is 0.138. The number of rotatable bonds is 5. The lowest BCUT2D eigenvalue weighted by Gasteiger charge is -2.15. The maximum atomic E-state index is 11.2. The fourth-order valence-corrected chi connectivity index (χ4v) is 2.59. The van der Waals surface area contributed by atoms with Crippen molar-refractivity contribution < 1.29 is 8.42 Å². The molecule has 4 nitrogen and oxygen atoms in total. The quantitative estimate of drug-likeness (QED) is 0.820. The van der Waals surface area contributed by atoms with Crippen molar-refractivity contribution in [2.75, 3.05) is 19.1 Å². The summed E-state index contributed by atoms with van der Waals surface area (Å²) in [7, 11) is -1.19. The van der Waals surface area contributed by atoms with E-state index in [1.54, 1.807) is 13.2 Å². The third-order valence-electron chi connectivity index (χ3n) is 2.47. The van der Waals surface area contributed by atoms with Gasteiger partial charge in [0.1, 0.15) is 9.84 Å². The number of likely N-dealkylation sites (N-methyl/N-ethyl adjacent to an activating group) is 1. The van der Waals surface area contributed by atoms with Crippen LogP contribution in [0.15, 0.2) is 18.3 Å². The third-order valence-corrected chi connectivity index (χ3v) is 3.48. The van der Waals surface area contributed by atoms with E-state index in [0.29, 0.717) is 6.42 Å². The zero-order chi connectivity index (χ0) is 12.2. The Morgan fingerprint density at radius 1 is 1.50 bits per heavy atom. The lowest BCUT2D eigenvalue weighted by molar-refractivity contribution is 0.563. The average Bonchev–Trinajstić information content (AvgIpc) is 2.18. The van der Waals surface area contributed by atoms with Crippen LogP contribution < -0.4 is 5.32 Å². The van der Waals surface area contributed by atoms with Gasteiger partial charge in [-0.1, -0.05) is 6.07 Å². The molecule has 0 radical (unpaired) electrons. The van der Waals surface area contributed by atoms with E-state index in [1.165, 1.54) is 6.26 Å². The van der Waals surface area contributed by atoms with Crippen LogP contribution in [0.25, 0.3) is 0 Å². The first-order chi connectivity index (χ1) is 7.42. The van der Waals surface area contributed by atoms with E-state index in [4.69, 9.17) is 0 Å². The highest BCUT2D eigenvalue weighted by Crippen LogP contribution is 2.07. The smallest absolute Gasteiger partial charge is 0.148 e. The fourth-order valence-electron chi connectivity index (χ4n) is 1.58. The SMILES string of the molecule is CNC(Cc1ncccc1C)CS(C)(=O)=O. The highest BCUT2D eigenvalue weighted by molar-refractivity contribution is 7.90. The lowest BCUT2D eigenvalue weighted by atomic mass is 10.1. The molecule has 90 valence electrons. The van der Waals surface area contributed by atoms with Crippen molar-refractivity contribution in [1.29, 1.82) is 0 Å². The average molecular weight is 242 g/mol. The first-order valence-electron chi connectivity index (χ1n) is 5.18. The summed E-state index contributed by atoms with van der Waals surface area (Å²) in [5.41, 5.74) is 2.04. The van der Waals surface area contributed by atoms with Gasteiger partial charge in [-0.3, -0.25) is 4.98 Å². The summed E-state index contributed by atoms with van der Waals surface area (Å²) >= 11 is 0. The second-order valence-electron chi connectivity index (χ2n) is 4.05. The van der Waals surface area contributed by atoms with Crippen LogP contribution in [0.1, 0.15) is 11.3 Å². The van der Waals surface area contributed by atoms with E-state index in [1.807, 2.05) is 19.1 Å². The van der Waals surface area contributed by atoms with Crippen molar-refractivity contribution in [3.05, 3.63) is 29.6 Å². The molecule has 1 rings (SSSR count). The molecule has 0 fully saturated rings. The fraction of sp³-hybridized carbons (Fsp3) is 0.545. The van der Waals surface area contributed by atoms with E-state index in [2.05, 4.69) is 10.3 Å². The van der Waals surface area contributed by atoms with E-state index in [9.17, 15) is 8.42 Å². The van der Waals surface area contributed by atoms with Crippen molar-refractivity contribution in [2.45, 2.75) is 19.4 Å². The summed E-state index contributed by atoms with van der Waals surface area (Å²) in [5, 5.41) is 3.02. The Morgan fingerprint density at radius 3 is 2.69 bits per heavy atom. The van der Waals surface area contributed by atoms with Crippen molar-refractivity contribution in [3.8, 4) is 0 Å². The molecule has 0 aromatic carbocycles. The number of hydrogen-bond acceptors (Lipinski definition) is 4. The Labute approximate surface area is 97.0 Å². The van der Waals surface area contributed by atoms with E-state index in [-0.39, 0.29) is 11.8 Å². The van der Waals surface area contributed by atoms with Gasteiger partial charge in [0.25, 0.3) is 0 Å². The number of aryl methyl sites for hydroxylation is 1. The Balaban J connectivity index is 2.75. The number of nitrogens with zero attached hydrogens (tertiary/aromatic N) is 1. The van der Waals surface area contributed by atoms with Crippen molar-refractivity contribution in [3.63, 3.8) is 0 Å². The number of pyridine rings is 1. The van der Waals surface area contributed by atoms with Crippen LogP contribution in [0, 0.1) is 6.92 Å². The topological polar surface area (TPSA) is 59.1 Å². The summed E-state index contributed by atoms with van der Waals surface area (Å²) in [6.45, 7) is 1.98. The largest absolute Gasteiger partial charge is 0.316 e. The van der Waals surface area contributed by atoms with Gasteiger partial charge in [0.15, 0.2) is 0 Å². The van der Waals surface area contributed by atoms with Crippen LogP contribution in [0.4, 0.5) is 0 Å². The molecule has 0 bridgehead atoms. The number of nitrogens with one attached hydrogen (secondary N) is 1. The van der Waals surface area contributed by atoms with Crippen molar-refractivity contribution in [1.82, 2.24) is 10.3 Å². The Kier molecular flexibility index (Phi) is 4.44. The van der Waals surface area contributed by atoms with Gasteiger partial charge in [-0.2, -0.15) is 0 Å². The van der Waals surface area contributed by atoms with Crippen LogP contribution in [0.3, 0.4) is 0 Å². The molecule has 0 saturated carbocycles. The molecule has 0 spiro atoms. The monoisotopic (exact) mass is 242 g/mol. The molecule has 0 aliphatic carbocycles. The van der Waals surface area contributed by atoms with Crippen LogP contribution in [0.5, 0.6) is 0 Å². The molecular formula is C11H18N2O2S. The predicted molar refractivity (Wildman–Crippen MR) is 65.2 cm³/mol. The number of hydrogen-bond donors (Lipinski definition) is 1. The van der Waals surface area contributed by atoms with Gasteiger partial charge in [0.05, 0.1) is 5.75 Å². The van der Waals surface area contributed by atoms with Crippen molar-refractivity contribution in [2.24, 2.45) is 0 Å². The van der Waals surface area contributed by atoms with E-state index >= 15 is 0 Å². The minimum absolute atomic E-state index is 0.0800. The molecule has 16 heavy (non-hydrogen) atoms. The Hall–Kier alpha value is -0.940. The highest BCUT2D eigenvalue weighted by atomic mass is 32.2. The molecule has 1 N–H and O–H groups in total. The van der Waals surface area contributed by atoms with E-state index < -0.39 is 9.84 Å². The summed E-state index contributed by atoms with van der Waals surface area (Å²) < 4.78 is 22.4. The maximum Gasteiger partial charge on any atom is 0.148 e. The maximum absolute atomic E-state index is 11.2. The molecule has 1 heterocycles. The zero-order valence-electron chi connectivity index (χ0n) is 9.90. The summed E-state index contributed by atoms with van der Waals surface area (Å²) in [4.78, 5) is 4.26. The molecular weight excluding hydrogens is 224 g/mol. The lowest BCUT2D eigenvalue weighted by Crippen LogP contribution is -2.35. The van der Waals surface area contributed by atoms with Gasteiger partial charge in [-0.15, -0.1) is 0 Å². The molecule has 1 unspecified atom stereocenters. The minimum atomic E-state index is -2.96. The molecule has 1 aromatic heterocycles.